The van der Waals surface area contributed by atoms with Gasteiger partial charge in [0.1, 0.15) is 23.7 Å². The average molecular weight is 438 g/mol. The van der Waals surface area contributed by atoms with Gasteiger partial charge in [0.05, 0.1) is 48.6 Å². The lowest BCUT2D eigenvalue weighted by Gasteiger charge is -2.34. The SMILES string of the molecule is N#CC(C#N)C1C=CC(C(C#N)C#N)c2cc3c(cc21)C(C(C#N)C#N)C=CC3C(C#N)C#N. The Bertz CT molecular complexity index is 1140. The average Bonchev–Trinajstić information content (AvgIpc) is 2.87. The van der Waals surface area contributed by atoms with E-state index < -0.39 is 47.3 Å². The van der Waals surface area contributed by atoms with E-state index >= 15 is 0 Å². The fourth-order valence-corrected chi connectivity index (χ4v) is 4.64. The third-order valence-corrected chi connectivity index (χ3v) is 6.33. The van der Waals surface area contributed by atoms with Crippen molar-refractivity contribution < 1.29 is 0 Å². The van der Waals surface area contributed by atoms with Crippen molar-refractivity contribution in [1.82, 2.24) is 0 Å². The molecule has 0 aromatic heterocycles. The van der Waals surface area contributed by atoms with Gasteiger partial charge >= 0.3 is 0 Å². The van der Waals surface area contributed by atoms with Crippen LogP contribution in [0, 0.1) is 114 Å². The van der Waals surface area contributed by atoms with Crippen molar-refractivity contribution in [3.8, 4) is 48.6 Å². The van der Waals surface area contributed by atoms with E-state index in [1.165, 1.54) is 0 Å². The van der Waals surface area contributed by atoms with E-state index in [4.69, 9.17) is 0 Å². The molecule has 4 atom stereocenters. The van der Waals surface area contributed by atoms with Crippen LogP contribution in [0.1, 0.15) is 45.9 Å². The molecule has 0 saturated heterocycles. The third kappa shape index (κ3) is 3.71. The molecule has 0 saturated carbocycles. The minimum absolute atomic E-state index is 0.550. The zero-order chi connectivity index (χ0) is 24.8. The molecule has 0 spiro atoms. The van der Waals surface area contributed by atoms with Crippen LogP contribution in [0.2, 0.25) is 0 Å². The van der Waals surface area contributed by atoms with Gasteiger partial charge in [-0.15, -0.1) is 0 Å². The lowest BCUT2D eigenvalue weighted by atomic mass is 9.67. The molecule has 0 heterocycles. The van der Waals surface area contributed by atoms with Gasteiger partial charge in [-0.1, -0.05) is 36.4 Å². The molecule has 0 N–H and O–H groups in total. The second-order valence-corrected chi connectivity index (χ2v) is 7.93. The summed E-state index contributed by atoms with van der Waals surface area (Å²) < 4.78 is 0. The topological polar surface area (TPSA) is 190 Å². The normalized spacial score (nSPS) is 21.5. The van der Waals surface area contributed by atoms with Crippen LogP contribution in [0.3, 0.4) is 0 Å². The standard InChI is InChI=1S/C26H14N8/c27-7-15(8-28)19-1-2-20(16(9-29)10-30)24-6-26-22(18(13-33)14-34)4-3-21(17(11-31)12-32)25(26)5-23(19)24/h1-6,15-22H. The second kappa shape index (κ2) is 9.83. The van der Waals surface area contributed by atoms with Crippen LogP contribution < -0.4 is 0 Å². The van der Waals surface area contributed by atoms with Gasteiger partial charge in [0.15, 0.2) is 0 Å². The summed E-state index contributed by atoms with van der Waals surface area (Å²) >= 11 is 0. The van der Waals surface area contributed by atoms with Crippen LogP contribution in [0.25, 0.3) is 0 Å². The highest BCUT2D eigenvalue weighted by molar-refractivity contribution is 5.56. The molecule has 8 heteroatoms. The Morgan fingerprint density at radius 1 is 0.382 bits per heavy atom. The number of nitrogens with zero attached hydrogens (tertiary/aromatic N) is 8. The van der Waals surface area contributed by atoms with E-state index in [1.807, 2.05) is 48.6 Å². The summed E-state index contributed by atoms with van der Waals surface area (Å²) in [5.41, 5.74) is 2.20. The molecule has 158 valence electrons. The van der Waals surface area contributed by atoms with E-state index in [1.54, 1.807) is 36.4 Å². The lowest BCUT2D eigenvalue weighted by Crippen LogP contribution is -2.24. The van der Waals surface area contributed by atoms with Crippen molar-refractivity contribution in [2.45, 2.75) is 23.7 Å². The van der Waals surface area contributed by atoms with Crippen molar-refractivity contribution in [1.29, 1.82) is 42.1 Å². The van der Waals surface area contributed by atoms with Crippen LogP contribution in [0.5, 0.6) is 0 Å². The highest BCUT2D eigenvalue weighted by Crippen LogP contribution is 2.48. The first-order valence-electron chi connectivity index (χ1n) is 10.2. The minimum atomic E-state index is -1.04. The van der Waals surface area contributed by atoms with Crippen LogP contribution in [0.15, 0.2) is 36.4 Å². The van der Waals surface area contributed by atoms with Gasteiger partial charge in [0, 0.05) is 23.7 Å². The number of hydrogen-bond acceptors (Lipinski definition) is 8. The summed E-state index contributed by atoms with van der Waals surface area (Å²) in [6, 6.07) is 19.2. The predicted octanol–water partition coefficient (Wildman–Crippen LogP) is 3.81. The van der Waals surface area contributed by atoms with Gasteiger partial charge in [-0.05, 0) is 22.3 Å². The Labute approximate surface area is 196 Å². The van der Waals surface area contributed by atoms with Crippen molar-refractivity contribution in [3.63, 3.8) is 0 Å². The fourth-order valence-electron chi connectivity index (χ4n) is 4.64. The summed E-state index contributed by atoms with van der Waals surface area (Å²) in [7, 11) is 0. The van der Waals surface area contributed by atoms with Gasteiger partial charge in [0.2, 0.25) is 0 Å². The highest BCUT2D eigenvalue weighted by atomic mass is 14.4. The summed E-state index contributed by atoms with van der Waals surface area (Å²) in [5, 5.41) is 76.2. The van der Waals surface area contributed by atoms with Crippen molar-refractivity contribution in [3.05, 3.63) is 58.7 Å². The van der Waals surface area contributed by atoms with E-state index in [-0.39, 0.29) is 0 Å². The van der Waals surface area contributed by atoms with E-state index in [9.17, 15) is 42.1 Å². The smallest absolute Gasteiger partial charge is 0.143 e. The first kappa shape index (κ1) is 23.3. The van der Waals surface area contributed by atoms with Crippen molar-refractivity contribution in [2.75, 3.05) is 0 Å². The Balaban J connectivity index is 2.37. The molecule has 0 amide bonds. The minimum Gasteiger partial charge on any atom is -0.197 e. The van der Waals surface area contributed by atoms with E-state index in [2.05, 4.69) is 0 Å². The van der Waals surface area contributed by atoms with Crippen molar-refractivity contribution in [2.24, 2.45) is 23.7 Å². The lowest BCUT2D eigenvalue weighted by molar-refractivity contribution is 0.620. The number of hydrogen-bond donors (Lipinski definition) is 0. The number of nitriles is 8. The van der Waals surface area contributed by atoms with Crippen LogP contribution >= 0.6 is 0 Å². The van der Waals surface area contributed by atoms with Crippen LogP contribution in [-0.4, -0.2) is 0 Å². The summed E-state index contributed by atoms with van der Waals surface area (Å²) in [6.07, 6.45) is 6.57. The maximum Gasteiger partial charge on any atom is 0.143 e. The summed E-state index contributed by atoms with van der Waals surface area (Å²) in [4.78, 5) is 0. The second-order valence-electron chi connectivity index (χ2n) is 7.93. The number of rotatable bonds is 4. The Hall–Kier alpha value is -5.38. The predicted molar refractivity (Wildman–Crippen MR) is 115 cm³/mol. The van der Waals surface area contributed by atoms with Crippen molar-refractivity contribution >= 4 is 0 Å². The zero-order valence-corrected chi connectivity index (χ0v) is 17.7. The Morgan fingerprint density at radius 3 is 0.706 bits per heavy atom. The number of allylic oxidation sites excluding steroid dienone is 4. The number of benzene rings is 1. The molecule has 2 aliphatic rings. The molecule has 0 fully saturated rings. The number of fused-ring (bicyclic) bond motifs is 2. The van der Waals surface area contributed by atoms with Gasteiger partial charge in [-0.25, -0.2) is 0 Å². The van der Waals surface area contributed by atoms with Gasteiger partial charge < -0.3 is 0 Å². The van der Waals surface area contributed by atoms with Crippen LogP contribution in [0.4, 0.5) is 0 Å². The van der Waals surface area contributed by atoms with Gasteiger partial charge in [-0.3, -0.25) is 0 Å². The maximum atomic E-state index is 9.52. The first-order valence-corrected chi connectivity index (χ1v) is 10.2. The molecule has 3 rings (SSSR count). The fraction of sp³-hybridized carbons (Fsp3) is 0.308. The molecule has 1 aromatic rings. The monoisotopic (exact) mass is 438 g/mol. The maximum absolute atomic E-state index is 9.52. The molecule has 0 bridgehead atoms. The largest absolute Gasteiger partial charge is 0.197 e. The molecule has 4 unspecified atom stereocenters. The van der Waals surface area contributed by atoms with E-state index in [0.717, 1.165) is 0 Å². The van der Waals surface area contributed by atoms with Crippen LogP contribution in [-0.2, 0) is 0 Å². The Kier molecular flexibility index (Phi) is 6.73. The third-order valence-electron chi connectivity index (χ3n) is 6.33. The molecular formula is C26H14N8. The molecule has 34 heavy (non-hydrogen) atoms. The molecular weight excluding hydrogens is 424 g/mol. The molecule has 1 aromatic carbocycles. The Morgan fingerprint density at radius 2 is 0.559 bits per heavy atom. The first-order chi connectivity index (χ1) is 16.5. The van der Waals surface area contributed by atoms with Gasteiger partial charge in [0.25, 0.3) is 0 Å². The zero-order valence-electron chi connectivity index (χ0n) is 17.7. The summed E-state index contributed by atoms with van der Waals surface area (Å²) in [6.45, 7) is 0. The summed E-state index contributed by atoms with van der Waals surface area (Å²) in [5.74, 6) is -6.78. The quantitative estimate of drug-likeness (QED) is 0.633. The van der Waals surface area contributed by atoms with E-state index in [0.29, 0.717) is 22.3 Å². The van der Waals surface area contributed by atoms with Gasteiger partial charge in [-0.2, -0.15) is 42.1 Å². The molecule has 0 radical (unpaired) electrons. The molecule has 0 aliphatic heterocycles. The highest BCUT2D eigenvalue weighted by Gasteiger charge is 2.38. The molecule has 8 nitrogen and oxygen atoms in total. The molecule has 2 aliphatic carbocycles.